The number of carbonyl (C=O) groups excluding carboxylic acids is 1. The minimum Gasteiger partial charge on any atom is -0.506 e. The maximum atomic E-state index is 12.5. The van der Waals surface area contributed by atoms with Crippen LogP contribution in [0.3, 0.4) is 0 Å². The molecule has 0 spiro atoms. The lowest BCUT2D eigenvalue weighted by molar-refractivity contribution is 0.0304. The molecule has 0 atom stereocenters. The summed E-state index contributed by atoms with van der Waals surface area (Å²) in [5.41, 5.74) is 1.79. The molecule has 1 amide bonds. The van der Waals surface area contributed by atoms with Crippen LogP contribution in [-0.4, -0.2) is 42.2 Å². The molecule has 1 N–H and O–H groups in total. The van der Waals surface area contributed by atoms with Crippen LogP contribution in [0.1, 0.15) is 15.2 Å². The molecule has 0 radical (unpaired) electrons. The summed E-state index contributed by atoms with van der Waals surface area (Å²) in [7, 11) is 0. The van der Waals surface area contributed by atoms with E-state index in [9.17, 15) is 9.90 Å². The predicted octanol–water partition coefficient (Wildman–Crippen LogP) is 2.90. The number of rotatable bonds is 2. The van der Waals surface area contributed by atoms with Crippen LogP contribution < -0.4 is 0 Å². The van der Waals surface area contributed by atoms with Gasteiger partial charge in [0, 0.05) is 23.5 Å². The van der Waals surface area contributed by atoms with Gasteiger partial charge in [0.1, 0.15) is 10.6 Å². The lowest BCUT2D eigenvalue weighted by Gasteiger charge is -2.26. The molecule has 21 heavy (non-hydrogen) atoms. The van der Waals surface area contributed by atoms with Gasteiger partial charge in [-0.25, -0.2) is 0 Å². The van der Waals surface area contributed by atoms with Crippen molar-refractivity contribution in [2.45, 2.75) is 6.92 Å². The first kappa shape index (κ1) is 14.1. The SMILES string of the molecule is Cc1c(-c2ccccc2)sc(C(=O)N2CCOCC2)c1O. The average Bonchev–Trinajstić information content (AvgIpc) is 2.84. The van der Waals surface area contributed by atoms with Gasteiger partial charge in [0.2, 0.25) is 0 Å². The van der Waals surface area contributed by atoms with Crippen LogP contribution in [0, 0.1) is 6.92 Å². The highest BCUT2D eigenvalue weighted by Gasteiger charge is 2.26. The number of morpholine rings is 1. The van der Waals surface area contributed by atoms with Gasteiger partial charge >= 0.3 is 0 Å². The quantitative estimate of drug-likeness (QED) is 0.928. The average molecular weight is 303 g/mol. The Balaban J connectivity index is 1.95. The molecule has 0 unspecified atom stereocenters. The molecular formula is C16H17NO3S. The molecule has 0 aliphatic carbocycles. The minimum atomic E-state index is -0.105. The Morgan fingerprint density at radius 3 is 2.57 bits per heavy atom. The molecule has 1 fully saturated rings. The Morgan fingerprint density at radius 1 is 1.24 bits per heavy atom. The highest BCUT2D eigenvalue weighted by atomic mass is 32.1. The topological polar surface area (TPSA) is 49.8 Å². The maximum absolute atomic E-state index is 12.5. The number of benzene rings is 1. The molecule has 4 nitrogen and oxygen atoms in total. The summed E-state index contributed by atoms with van der Waals surface area (Å²) in [6, 6.07) is 9.83. The largest absolute Gasteiger partial charge is 0.506 e. The highest BCUT2D eigenvalue weighted by molar-refractivity contribution is 7.18. The second-order valence-electron chi connectivity index (χ2n) is 5.00. The Labute approximate surface area is 127 Å². The molecule has 2 heterocycles. The summed E-state index contributed by atoms with van der Waals surface area (Å²) in [4.78, 5) is 15.7. The van der Waals surface area contributed by atoms with Gasteiger partial charge < -0.3 is 14.7 Å². The first-order valence-electron chi connectivity index (χ1n) is 6.93. The molecule has 5 heteroatoms. The van der Waals surface area contributed by atoms with Crippen LogP contribution in [0.2, 0.25) is 0 Å². The number of ether oxygens (including phenoxy) is 1. The fourth-order valence-electron chi connectivity index (χ4n) is 2.42. The predicted molar refractivity (Wildman–Crippen MR) is 82.9 cm³/mol. The summed E-state index contributed by atoms with van der Waals surface area (Å²) in [6.07, 6.45) is 0. The van der Waals surface area contributed by atoms with Crippen molar-refractivity contribution in [1.29, 1.82) is 0 Å². The fourth-order valence-corrected chi connectivity index (χ4v) is 3.60. The van der Waals surface area contributed by atoms with Crippen molar-refractivity contribution in [3.8, 4) is 16.2 Å². The molecule has 0 saturated carbocycles. The molecular weight excluding hydrogens is 286 g/mol. The van der Waals surface area contributed by atoms with E-state index in [1.165, 1.54) is 11.3 Å². The molecule has 2 aromatic rings. The molecule has 1 aliphatic rings. The third-order valence-electron chi connectivity index (χ3n) is 3.64. The van der Waals surface area contributed by atoms with Crippen LogP contribution in [0.5, 0.6) is 5.75 Å². The molecule has 3 rings (SSSR count). The summed E-state index contributed by atoms with van der Waals surface area (Å²) in [6.45, 7) is 4.13. The first-order valence-corrected chi connectivity index (χ1v) is 7.75. The summed E-state index contributed by atoms with van der Waals surface area (Å²) < 4.78 is 5.26. The molecule has 110 valence electrons. The Hall–Kier alpha value is -1.85. The van der Waals surface area contributed by atoms with Gasteiger partial charge in [-0.2, -0.15) is 0 Å². The van der Waals surface area contributed by atoms with Crippen molar-refractivity contribution in [2.24, 2.45) is 0 Å². The fraction of sp³-hybridized carbons (Fsp3) is 0.312. The summed E-state index contributed by atoms with van der Waals surface area (Å²) in [5, 5.41) is 10.3. The number of hydrogen-bond acceptors (Lipinski definition) is 4. The zero-order valence-corrected chi connectivity index (χ0v) is 12.7. The number of nitrogens with zero attached hydrogens (tertiary/aromatic N) is 1. The van der Waals surface area contributed by atoms with Crippen LogP contribution in [0.4, 0.5) is 0 Å². The molecule has 1 aliphatic heterocycles. The minimum absolute atomic E-state index is 0.105. The van der Waals surface area contributed by atoms with E-state index in [4.69, 9.17) is 4.74 Å². The van der Waals surface area contributed by atoms with Gasteiger partial charge in [-0.05, 0) is 12.5 Å². The summed E-state index contributed by atoms with van der Waals surface area (Å²) >= 11 is 1.36. The van der Waals surface area contributed by atoms with Gasteiger partial charge in [-0.3, -0.25) is 4.79 Å². The van der Waals surface area contributed by atoms with Crippen molar-refractivity contribution in [2.75, 3.05) is 26.3 Å². The van der Waals surface area contributed by atoms with E-state index in [1.807, 2.05) is 37.3 Å². The van der Waals surface area contributed by atoms with E-state index < -0.39 is 0 Å². The van der Waals surface area contributed by atoms with Gasteiger partial charge in [-0.1, -0.05) is 30.3 Å². The molecule has 1 saturated heterocycles. The van der Waals surface area contributed by atoms with E-state index in [1.54, 1.807) is 4.90 Å². The second-order valence-corrected chi connectivity index (χ2v) is 6.03. The first-order chi connectivity index (χ1) is 10.2. The van der Waals surface area contributed by atoms with Gasteiger partial charge in [0.25, 0.3) is 5.91 Å². The lowest BCUT2D eigenvalue weighted by atomic mass is 10.1. The van der Waals surface area contributed by atoms with Crippen molar-refractivity contribution in [1.82, 2.24) is 4.90 Å². The zero-order chi connectivity index (χ0) is 14.8. The van der Waals surface area contributed by atoms with E-state index in [-0.39, 0.29) is 11.7 Å². The summed E-state index contributed by atoms with van der Waals surface area (Å²) in [5.74, 6) is 0.00132. The molecule has 1 aromatic carbocycles. The van der Waals surface area contributed by atoms with Crippen LogP contribution >= 0.6 is 11.3 Å². The normalized spacial score (nSPS) is 15.2. The number of amides is 1. The third-order valence-corrected chi connectivity index (χ3v) is 4.96. The maximum Gasteiger partial charge on any atom is 0.267 e. The Bertz CT molecular complexity index is 645. The smallest absolute Gasteiger partial charge is 0.267 e. The van der Waals surface area contributed by atoms with Gasteiger partial charge in [0.15, 0.2) is 0 Å². The standard InChI is InChI=1S/C16H17NO3S/c1-11-13(18)15(16(19)17-7-9-20-10-8-17)21-14(11)12-5-3-2-4-6-12/h2-6,18H,7-10H2,1H3. The highest BCUT2D eigenvalue weighted by Crippen LogP contribution is 2.41. The van der Waals surface area contributed by atoms with Gasteiger partial charge in [-0.15, -0.1) is 11.3 Å². The Kier molecular flexibility index (Phi) is 3.94. The van der Waals surface area contributed by atoms with E-state index in [2.05, 4.69) is 0 Å². The number of thiophene rings is 1. The van der Waals surface area contributed by atoms with Crippen molar-refractivity contribution in [3.63, 3.8) is 0 Å². The lowest BCUT2D eigenvalue weighted by Crippen LogP contribution is -2.40. The van der Waals surface area contributed by atoms with E-state index in [0.717, 1.165) is 16.0 Å². The molecule has 0 bridgehead atoms. The second kappa shape index (κ2) is 5.87. The van der Waals surface area contributed by atoms with Crippen LogP contribution in [0.15, 0.2) is 30.3 Å². The van der Waals surface area contributed by atoms with Gasteiger partial charge in [0.05, 0.1) is 13.2 Å². The molecule has 1 aromatic heterocycles. The monoisotopic (exact) mass is 303 g/mol. The number of aromatic hydroxyl groups is 1. The van der Waals surface area contributed by atoms with Crippen molar-refractivity contribution < 1.29 is 14.6 Å². The third kappa shape index (κ3) is 2.66. The van der Waals surface area contributed by atoms with E-state index in [0.29, 0.717) is 31.2 Å². The van der Waals surface area contributed by atoms with Crippen molar-refractivity contribution >= 4 is 17.2 Å². The van der Waals surface area contributed by atoms with Crippen molar-refractivity contribution in [3.05, 3.63) is 40.8 Å². The Morgan fingerprint density at radius 2 is 1.90 bits per heavy atom. The zero-order valence-electron chi connectivity index (χ0n) is 11.8. The van der Waals surface area contributed by atoms with E-state index >= 15 is 0 Å². The number of carbonyl (C=O) groups is 1. The van der Waals surface area contributed by atoms with Crippen LogP contribution in [0.25, 0.3) is 10.4 Å². The number of hydrogen-bond donors (Lipinski definition) is 1. The van der Waals surface area contributed by atoms with Crippen LogP contribution in [-0.2, 0) is 4.74 Å².